The van der Waals surface area contributed by atoms with E-state index in [1.165, 1.54) is 6.07 Å². The lowest BCUT2D eigenvalue weighted by Crippen LogP contribution is -2.49. The molecule has 2 aromatic rings. The van der Waals surface area contributed by atoms with Gasteiger partial charge < -0.3 is 9.80 Å². The first-order valence-corrected chi connectivity index (χ1v) is 8.03. The second-order valence-electron chi connectivity index (χ2n) is 5.62. The first kappa shape index (κ1) is 15.8. The van der Waals surface area contributed by atoms with Crippen molar-refractivity contribution in [3.8, 4) is 0 Å². The van der Waals surface area contributed by atoms with Crippen LogP contribution in [0.1, 0.15) is 5.56 Å². The molecule has 0 saturated carbocycles. The van der Waals surface area contributed by atoms with E-state index in [1.54, 1.807) is 23.1 Å². The molecule has 0 unspecified atom stereocenters. The van der Waals surface area contributed by atoms with Gasteiger partial charge in [0.1, 0.15) is 5.82 Å². The molecule has 1 aliphatic heterocycles. The summed E-state index contributed by atoms with van der Waals surface area (Å²) in [5.74, 6) is -0.348. The summed E-state index contributed by atoms with van der Waals surface area (Å²) in [6.07, 6.45) is 0.115. The molecule has 3 rings (SSSR count). The number of anilines is 1. The summed E-state index contributed by atoms with van der Waals surface area (Å²) in [5, 5.41) is 0.709. The number of hydrogen-bond acceptors (Lipinski definition) is 2. The Kier molecular flexibility index (Phi) is 4.82. The van der Waals surface area contributed by atoms with E-state index in [2.05, 4.69) is 4.90 Å². The van der Waals surface area contributed by atoms with E-state index in [4.69, 9.17) is 11.6 Å². The normalized spacial score (nSPS) is 14.9. The number of carbonyl (C=O) groups is 1. The third-order valence-corrected chi connectivity index (χ3v) is 4.34. The van der Waals surface area contributed by atoms with Crippen molar-refractivity contribution in [1.82, 2.24) is 4.90 Å². The molecule has 1 amide bonds. The maximum absolute atomic E-state index is 13.6. The highest BCUT2D eigenvalue weighted by atomic mass is 35.5. The molecule has 3 nitrogen and oxygen atoms in total. The van der Waals surface area contributed by atoms with E-state index in [0.29, 0.717) is 23.7 Å². The van der Waals surface area contributed by atoms with Crippen LogP contribution < -0.4 is 4.90 Å². The predicted octanol–water partition coefficient (Wildman–Crippen LogP) is 3.37. The van der Waals surface area contributed by atoms with Crippen molar-refractivity contribution in [2.75, 3.05) is 31.1 Å². The van der Waals surface area contributed by atoms with Gasteiger partial charge in [-0.1, -0.05) is 35.9 Å². The average molecular weight is 333 g/mol. The minimum Gasteiger partial charge on any atom is -0.368 e. The van der Waals surface area contributed by atoms with Crippen molar-refractivity contribution >= 4 is 23.2 Å². The number of hydrogen-bond donors (Lipinski definition) is 0. The molecule has 0 bridgehead atoms. The van der Waals surface area contributed by atoms with Crippen LogP contribution in [0.25, 0.3) is 0 Å². The van der Waals surface area contributed by atoms with Crippen LogP contribution in [0.15, 0.2) is 48.5 Å². The number of benzene rings is 2. The second kappa shape index (κ2) is 7.01. The molecule has 1 heterocycles. The number of rotatable bonds is 3. The molecule has 0 spiro atoms. The van der Waals surface area contributed by atoms with Crippen LogP contribution in [-0.2, 0) is 11.2 Å². The highest BCUT2D eigenvalue weighted by Crippen LogP contribution is 2.21. The lowest BCUT2D eigenvalue weighted by Gasteiger charge is -2.36. The molecule has 5 heteroatoms. The first-order chi connectivity index (χ1) is 11.1. The molecule has 1 aliphatic rings. The zero-order valence-corrected chi connectivity index (χ0v) is 13.5. The van der Waals surface area contributed by atoms with E-state index in [0.717, 1.165) is 18.8 Å². The van der Waals surface area contributed by atoms with Crippen LogP contribution in [-0.4, -0.2) is 37.0 Å². The first-order valence-electron chi connectivity index (χ1n) is 7.65. The maximum atomic E-state index is 13.6. The van der Waals surface area contributed by atoms with Crippen LogP contribution >= 0.6 is 11.6 Å². The highest BCUT2D eigenvalue weighted by molar-refractivity contribution is 6.30. The molecular weight excluding hydrogens is 315 g/mol. The van der Waals surface area contributed by atoms with E-state index < -0.39 is 0 Å². The van der Waals surface area contributed by atoms with E-state index in [9.17, 15) is 9.18 Å². The van der Waals surface area contributed by atoms with Crippen molar-refractivity contribution in [1.29, 1.82) is 0 Å². The molecule has 0 atom stereocenters. The van der Waals surface area contributed by atoms with E-state index in [1.807, 2.05) is 24.3 Å². The molecule has 0 aliphatic carbocycles. The fourth-order valence-electron chi connectivity index (χ4n) is 2.80. The molecule has 1 fully saturated rings. The van der Waals surface area contributed by atoms with Crippen LogP contribution in [0, 0.1) is 5.82 Å². The number of amides is 1. The molecule has 0 aromatic heterocycles. The van der Waals surface area contributed by atoms with Gasteiger partial charge in [0.25, 0.3) is 0 Å². The minimum atomic E-state index is -0.321. The monoisotopic (exact) mass is 332 g/mol. The molecule has 0 radical (unpaired) electrons. The average Bonchev–Trinajstić information content (AvgIpc) is 2.57. The third-order valence-electron chi connectivity index (χ3n) is 4.11. The standard InChI is InChI=1S/C18H18ClFN2O/c19-15-5-3-6-16(13-15)21-8-10-22(11-9-21)18(23)12-14-4-1-2-7-17(14)20/h1-7,13H,8-12H2. The lowest BCUT2D eigenvalue weighted by molar-refractivity contribution is -0.130. The zero-order chi connectivity index (χ0) is 16.2. The van der Waals surface area contributed by atoms with E-state index in [-0.39, 0.29) is 18.1 Å². The topological polar surface area (TPSA) is 23.6 Å². The fourth-order valence-corrected chi connectivity index (χ4v) is 2.99. The smallest absolute Gasteiger partial charge is 0.227 e. The number of nitrogens with zero attached hydrogens (tertiary/aromatic N) is 2. The van der Waals surface area contributed by atoms with Gasteiger partial charge in [-0.05, 0) is 29.8 Å². The quantitative estimate of drug-likeness (QED) is 0.860. The SMILES string of the molecule is O=C(Cc1ccccc1F)N1CCN(c2cccc(Cl)c2)CC1. The Morgan fingerprint density at radius 2 is 1.78 bits per heavy atom. The Bertz CT molecular complexity index is 699. The summed E-state index contributed by atoms with van der Waals surface area (Å²) in [4.78, 5) is 16.3. The summed E-state index contributed by atoms with van der Waals surface area (Å²) >= 11 is 6.02. The zero-order valence-electron chi connectivity index (χ0n) is 12.7. The van der Waals surface area contributed by atoms with Crippen LogP contribution in [0.5, 0.6) is 0 Å². The Morgan fingerprint density at radius 1 is 1.04 bits per heavy atom. The van der Waals surface area contributed by atoms with Crippen molar-refractivity contribution in [3.05, 3.63) is 64.9 Å². The molecule has 1 saturated heterocycles. The summed E-state index contributed by atoms with van der Waals surface area (Å²) in [6, 6.07) is 14.2. The number of carbonyl (C=O) groups excluding carboxylic acids is 1. The summed E-state index contributed by atoms with van der Waals surface area (Å²) in [7, 11) is 0. The largest absolute Gasteiger partial charge is 0.368 e. The molecule has 23 heavy (non-hydrogen) atoms. The maximum Gasteiger partial charge on any atom is 0.227 e. The number of halogens is 2. The van der Waals surface area contributed by atoms with Gasteiger partial charge in [-0.2, -0.15) is 0 Å². The highest BCUT2D eigenvalue weighted by Gasteiger charge is 2.22. The molecular formula is C18H18ClFN2O. The Hall–Kier alpha value is -2.07. The van der Waals surface area contributed by atoms with Crippen molar-refractivity contribution in [3.63, 3.8) is 0 Å². The fraction of sp³-hybridized carbons (Fsp3) is 0.278. The molecule has 2 aromatic carbocycles. The van der Waals surface area contributed by atoms with Gasteiger partial charge in [0.05, 0.1) is 6.42 Å². The van der Waals surface area contributed by atoms with Gasteiger partial charge in [0, 0.05) is 36.9 Å². The van der Waals surface area contributed by atoms with E-state index >= 15 is 0 Å². The van der Waals surface area contributed by atoms with Gasteiger partial charge >= 0.3 is 0 Å². The third kappa shape index (κ3) is 3.82. The van der Waals surface area contributed by atoms with Gasteiger partial charge in [0.15, 0.2) is 0 Å². The summed E-state index contributed by atoms with van der Waals surface area (Å²) in [5.41, 5.74) is 1.52. The Morgan fingerprint density at radius 3 is 2.48 bits per heavy atom. The lowest BCUT2D eigenvalue weighted by atomic mass is 10.1. The molecule has 0 N–H and O–H groups in total. The van der Waals surface area contributed by atoms with Gasteiger partial charge in [0.2, 0.25) is 5.91 Å². The predicted molar refractivity (Wildman–Crippen MR) is 90.3 cm³/mol. The minimum absolute atomic E-state index is 0.0270. The number of piperazine rings is 1. The van der Waals surface area contributed by atoms with Gasteiger partial charge in [-0.3, -0.25) is 4.79 Å². The van der Waals surface area contributed by atoms with Gasteiger partial charge in [-0.15, -0.1) is 0 Å². The Balaban J connectivity index is 1.58. The van der Waals surface area contributed by atoms with Crippen molar-refractivity contribution in [2.45, 2.75) is 6.42 Å². The molecule has 120 valence electrons. The summed E-state index contributed by atoms with van der Waals surface area (Å²) < 4.78 is 13.6. The van der Waals surface area contributed by atoms with Crippen LogP contribution in [0.3, 0.4) is 0 Å². The van der Waals surface area contributed by atoms with Crippen molar-refractivity contribution < 1.29 is 9.18 Å². The second-order valence-corrected chi connectivity index (χ2v) is 6.05. The van der Waals surface area contributed by atoms with Crippen molar-refractivity contribution in [2.24, 2.45) is 0 Å². The van der Waals surface area contributed by atoms with Gasteiger partial charge in [-0.25, -0.2) is 4.39 Å². The van der Waals surface area contributed by atoms with Crippen LogP contribution in [0.2, 0.25) is 5.02 Å². The summed E-state index contributed by atoms with van der Waals surface area (Å²) in [6.45, 7) is 2.78. The van der Waals surface area contributed by atoms with Crippen LogP contribution in [0.4, 0.5) is 10.1 Å². The Labute approximate surface area is 140 Å².